The highest BCUT2D eigenvalue weighted by atomic mass is 35.5. The van der Waals surface area contributed by atoms with Gasteiger partial charge in [0.1, 0.15) is 5.69 Å². The van der Waals surface area contributed by atoms with Gasteiger partial charge in [-0.3, -0.25) is 10.1 Å². The third-order valence-corrected chi connectivity index (χ3v) is 3.72. The Morgan fingerprint density at radius 1 is 1.27 bits per heavy atom. The Morgan fingerprint density at radius 2 is 2.00 bits per heavy atom. The molecule has 2 aromatic carbocycles. The van der Waals surface area contributed by atoms with Crippen molar-refractivity contribution < 1.29 is 18.9 Å². The first kappa shape index (κ1) is 17.4. The first-order chi connectivity index (χ1) is 12.4. The van der Waals surface area contributed by atoms with Crippen LogP contribution >= 0.6 is 11.6 Å². The summed E-state index contributed by atoms with van der Waals surface area (Å²) < 4.78 is 10.6. The highest BCUT2D eigenvalue weighted by molar-refractivity contribution is 6.30. The summed E-state index contributed by atoms with van der Waals surface area (Å²) in [6, 6.07) is 10.7. The molecule has 0 saturated carbocycles. The van der Waals surface area contributed by atoms with Crippen LogP contribution in [0.15, 0.2) is 53.1 Å². The average molecular weight is 374 g/mol. The van der Waals surface area contributed by atoms with Gasteiger partial charge < -0.3 is 14.9 Å². The van der Waals surface area contributed by atoms with Gasteiger partial charge in [0, 0.05) is 16.7 Å². The van der Waals surface area contributed by atoms with Crippen molar-refractivity contribution in [1.82, 2.24) is 4.98 Å². The molecule has 132 valence electrons. The van der Waals surface area contributed by atoms with E-state index in [9.17, 15) is 14.9 Å². The summed E-state index contributed by atoms with van der Waals surface area (Å²) in [4.78, 5) is 26.3. The van der Waals surface area contributed by atoms with Crippen LogP contribution in [0.5, 0.6) is 0 Å². The highest BCUT2D eigenvalue weighted by Gasteiger charge is 2.17. The average Bonchev–Trinajstić information content (AvgIpc) is 3.09. The predicted molar refractivity (Wildman–Crippen MR) is 93.6 cm³/mol. The zero-order valence-corrected chi connectivity index (χ0v) is 14.0. The van der Waals surface area contributed by atoms with Crippen molar-refractivity contribution in [2.24, 2.45) is 0 Å². The van der Waals surface area contributed by atoms with Crippen molar-refractivity contribution in [3.63, 3.8) is 0 Å². The van der Waals surface area contributed by atoms with Crippen molar-refractivity contribution in [1.29, 1.82) is 0 Å². The van der Waals surface area contributed by atoms with Gasteiger partial charge in [-0.2, -0.15) is 0 Å². The number of nitro groups is 1. The van der Waals surface area contributed by atoms with Crippen LogP contribution in [0.3, 0.4) is 0 Å². The number of ether oxygens (including phenoxy) is 1. The number of esters is 1. The smallest absolute Gasteiger partial charge is 0.338 e. The summed E-state index contributed by atoms with van der Waals surface area (Å²) in [5.41, 5.74) is 5.88. The topological polar surface area (TPSA) is 121 Å². The Kier molecular flexibility index (Phi) is 4.85. The molecule has 0 bridgehead atoms. The highest BCUT2D eigenvalue weighted by Crippen LogP contribution is 2.24. The zero-order valence-electron chi connectivity index (χ0n) is 13.2. The third kappa shape index (κ3) is 3.81. The van der Waals surface area contributed by atoms with E-state index in [1.807, 2.05) is 0 Å². The van der Waals surface area contributed by atoms with E-state index in [1.54, 1.807) is 24.3 Å². The summed E-state index contributed by atoms with van der Waals surface area (Å²) in [5, 5.41) is 11.5. The number of benzene rings is 2. The van der Waals surface area contributed by atoms with E-state index >= 15 is 0 Å². The summed E-state index contributed by atoms with van der Waals surface area (Å²) in [7, 11) is 0. The summed E-state index contributed by atoms with van der Waals surface area (Å²) in [6.45, 7) is -0.218. The Hall–Kier alpha value is -3.39. The number of rotatable bonds is 5. The molecule has 3 aromatic rings. The molecule has 0 saturated heterocycles. The van der Waals surface area contributed by atoms with Crippen molar-refractivity contribution in [2.75, 3.05) is 5.73 Å². The van der Waals surface area contributed by atoms with E-state index < -0.39 is 10.9 Å². The second-order valence-corrected chi connectivity index (χ2v) is 5.67. The molecule has 0 radical (unpaired) electrons. The van der Waals surface area contributed by atoms with Gasteiger partial charge in [0.2, 0.25) is 5.89 Å². The number of nitrogen functional groups attached to an aromatic ring is 1. The van der Waals surface area contributed by atoms with E-state index in [0.717, 1.165) is 11.6 Å². The fourth-order valence-corrected chi connectivity index (χ4v) is 2.29. The summed E-state index contributed by atoms with van der Waals surface area (Å²) in [5.74, 6) is -0.0663. The lowest BCUT2D eigenvalue weighted by Crippen LogP contribution is -2.07. The quantitative estimate of drug-likeness (QED) is 0.312. The summed E-state index contributed by atoms with van der Waals surface area (Å²) in [6.07, 6.45) is 1.50. The molecule has 8 nitrogen and oxygen atoms in total. The van der Waals surface area contributed by atoms with Gasteiger partial charge in [-0.25, -0.2) is 9.78 Å². The predicted octanol–water partition coefficient (Wildman–Crippen LogP) is 3.84. The number of hydrogen-bond donors (Lipinski definition) is 1. The number of aromatic nitrogens is 1. The molecule has 0 fully saturated rings. The fourth-order valence-electron chi connectivity index (χ4n) is 2.16. The van der Waals surface area contributed by atoms with Crippen molar-refractivity contribution in [3.8, 4) is 11.3 Å². The number of hydrogen-bond acceptors (Lipinski definition) is 7. The van der Waals surface area contributed by atoms with Crippen molar-refractivity contribution in [3.05, 3.63) is 75.3 Å². The van der Waals surface area contributed by atoms with E-state index in [1.165, 1.54) is 18.3 Å². The third-order valence-electron chi connectivity index (χ3n) is 3.47. The Labute approximate surface area is 152 Å². The molecule has 0 atom stereocenters. The molecular weight excluding hydrogens is 362 g/mol. The van der Waals surface area contributed by atoms with E-state index in [4.69, 9.17) is 26.5 Å². The molecule has 9 heteroatoms. The number of carbonyl (C=O) groups excluding carboxylic acids is 1. The van der Waals surface area contributed by atoms with E-state index in [2.05, 4.69) is 4.98 Å². The normalized spacial score (nSPS) is 10.5. The van der Waals surface area contributed by atoms with Gasteiger partial charge in [-0.05, 0) is 36.4 Å². The molecule has 2 N–H and O–H groups in total. The van der Waals surface area contributed by atoms with Crippen LogP contribution in [-0.4, -0.2) is 15.9 Å². The van der Waals surface area contributed by atoms with Gasteiger partial charge >= 0.3 is 5.97 Å². The first-order valence-corrected chi connectivity index (χ1v) is 7.73. The Balaban J connectivity index is 1.68. The summed E-state index contributed by atoms with van der Waals surface area (Å²) >= 11 is 5.83. The Morgan fingerprint density at radius 3 is 2.69 bits per heavy atom. The largest absolute Gasteiger partial charge is 0.452 e. The number of nitro benzene ring substituents is 1. The second kappa shape index (κ2) is 7.24. The molecule has 0 aliphatic carbocycles. The maximum atomic E-state index is 12.0. The number of halogens is 1. The maximum Gasteiger partial charge on any atom is 0.338 e. The number of carbonyl (C=O) groups is 1. The number of nitrogens with two attached hydrogens (primary N) is 1. The SMILES string of the molecule is Nc1ccc(C(=O)OCc2ncc(-c3ccc(Cl)cc3)o2)cc1[N+](=O)[O-]. The van der Waals surface area contributed by atoms with Crippen molar-refractivity contribution in [2.45, 2.75) is 6.61 Å². The molecule has 0 aliphatic heterocycles. The van der Waals surface area contributed by atoms with E-state index in [-0.39, 0.29) is 29.4 Å². The van der Waals surface area contributed by atoms with Gasteiger partial charge in [0.15, 0.2) is 12.4 Å². The van der Waals surface area contributed by atoms with Gasteiger partial charge in [-0.1, -0.05) is 11.6 Å². The van der Waals surface area contributed by atoms with Crippen LogP contribution in [-0.2, 0) is 11.3 Å². The van der Waals surface area contributed by atoms with Crippen LogP contribution in [0, 0.1) is 10.1 Å². The maximum absolute atomic E-state index is 12.0. The van der Waals surface area contributed by atoms with E-state index in [0.29, 0.717) is 10.8 Å². The lowest BCUT2D eigenvalue weighted by Gasteiger charge is -2.03. The molecule has 0 amide bonds. The van der Waals surface area contributed by atoms with Crippen LogP contribution in [0.2, 0.25) is 5.02 Å². The lowest BCUT2D eigenvalue weighted by atomic mass is 10.2. The minimum absolute atomic E-state index is 0.00961. The molecule has 0 spiro atoms. The van der Waals surface area contributed by atoms with Gasteiger partial charge in [0.25, 0.3) is 5.69 Å². The van der Waals surface area contributed by atoms with Gasteiger partial charge in [0.05, 0.1) is 16.7 Å². The molecule has 1 heterocycles. The zero-order chi connectivity index (χ0) is 18.7. The minimum atomic E-state index is -0.751. The number of nitrogens with zero attached hydrogens (tertiary/aromatic N) is 2. The monoisotopic (exact) mass is 373 g/mol. The molecular formula is C17H12ClN3O5. The Bertz CT molecular complexity index is 969. The van der Waals surface area contributed by atoms with Crippen LogP contribution in [0.1, 0.15) is 16.2 Å². The first-order valence-electron chi connectivity index (χ1n) is 7.36. The molecule has 3 rings (SSSR count). The molecule has 26 heavy (non-hydrogen) atoms. The standard InChI is InChI=1S/C17H12ClN3O5/c18-12-4-1-10(2-5-12)15-8-20-16(26-15)9-25-17(22)11-3-6-13(19)14(7-11)21(23)24/h1-8H,9,19H2. The van der Waals surface area contributed by atoms with Crippen LogP contribution in [0.4, 0.5) is 11.4 Å². The molecule has 0 unspecified atom stereocenters. The van der Waals surface area contributed by atoms with Gasteiger partial charge in [-0.15, -0.1) is 0 Å². The molecule has 1 aromatic heterocycles. The van der Waals surface area contributed by atoms with Crippen molar-refractivity contribution >= 4 is 28.9 Å². The van der Waals surface area contributed by atoms with Crippen LogP contribution < -0.4 is 5.73 Å². The lowest BCUT2D eigenvalue weighted by molar-refractivity contribution is -0.383. The van der Waals surface area contributed by atoms with Crippen LogP contribution in [0.25, 0.3) is 11.3 Å². The minimum Gasteiger partial charge on any atom is -0.452 e. The number of anilines is 1. The molecule has 0 aliphatic rings. The second-order valence-electron chi connectivity index (χ2n) is 5.23. The fraction of sp³-hybridized carbons (Fsp3) is 0.0588. The number of oxazole rings is 1.